The van der Waals surface area contributed by atoms with Gasteiger partial charge in [-0.1, -0.05) is 23.7 Å². The highest BCUT2D eigenvalue weighted by molar-refractivity contribution is 7.13. The van der Waals surface area contributed by atoms with E-state index in [-0.39, 0.29) is 11.7 Å². The molecule has 3 heterocycles. The third-order valence-corrected chi connectivity index (χ3v) is 6.62. The summed E-state index contributed by atoms with van der Waals surface area (Å²) in [5.41, 5.74) is 4.22. The van der Waals surface area contributed by atoms with Crippen LogP contribution in [-0.2, 0) is 6.54 Å². The number of methoxy groups -OCH3 is 1. The van der Waals surface area contributed by atoms with Crippen LogP contribution in [0.5, 0.6) is 5.75 Å². The molecule has 0 saturated carbocycles. The molecule has 2 aromatic carbocycles. The molecule has 0 amide bonds. The number of carbonyl (C=O) groups is 1. The van der Waals surface area contributed by atoms with Gasteiger partial charge in [-0.15, -0.1) is 16.4 Å². The van der Waals surface area contributed by atoms with Crippen molar-refractivity contribution in [2.24, 2.45) is 0 Å². The molecular weight excluding hydrogens is 444 g/mol. The topological polar surface area (TPSA) is 68.2 Å². The van der Waals surface area contributed by atoms with E-state index in [9.17, 15) is 4.79 Å². The van der Waals surface area contributed by atoms with E-state index in [0.29, 0.717) is 34.5 Å². The van der Waals surface area contributed by atoms with Crippen LogP contribution in [0.25, 0.3) is 10.7 Å². The van der Waals surface area contributed by atoms with Crippen molar-refractivity contribution in [1.82, 2.24) is 15.2 Å². The van der Waals surface area contributed by atoms with Crippen molar-refractivity contribution < 1.29 is 9.53 Å². The van der Waals surface area contributed by atoms with Crippen LogP contribution in [0.3, 0.4) is 0 Å². The number of ether oxygens (including phenoxy) is 1. The number of nitrogens with zero attached hydrogens (tertiary/aromatic N) is 4. The van der Waals surface area contributed by atoms with Gasteiger partial charge >= 0.3 is 0 Å². The predicted molar refractivity (Wildman–Crippen MR) is 126 cm³/mol. The van der Waals surface area contributed by atoms with Crippen molar-refractivity contribution in [2.45, 2.75) is 12.5 Å². The van der Waals surface area contributed by atoms with Crippen LogP contribution >= 0.6 is 22.9 Å². The highest BCUT2D eigenvalue weighted by Gasteiger charge is 2.35. The number of halogens is 1. The summed E-state index contributed by atoms with van der Waals surface area (Å²) in [6.07, 6.45) is 1.61. The van der Waals surface area contributed by atoms with Gasteiger partial charge in [0.05, 0.1) is 13.0 Å². The van der Waals surface area contributed by atoms with Crippen molar-refractivity contribution in [3.8, 4) is 16.5 Å². The molecule has 0 bridgehead atoms. The second-order valence-electron chi connectivity index (χ2n) is 7.50. The molecule has 1 unspecified atom stereocenters. The van der Waals surface area contributed by atoms with E-state index in [0.717, 1.165) is 22.6 Å². The van der Waals surface area contributed by atoms with Gasteiger partial charge in [0.25, 0.3) is 0 Å². The fraction of sp³-hybridized carbons (Fsp3) is 0.167. The zero-order chi connectivity index (χ0) is 22.1. The number of Topliss-reactive ketones (excluding diaryl/α,β-unsaturated/α-hetero) is 1. The molecule has 2 aromatic heterocycles. The van der Waals surface area contributed by atoms with Crippen molar-refractivity contribution in [2.75, 3.05) is 18.6 Å². The molecule has 0 radical (unpaired) electrons. The molecule has 6 nitrogen and oxygen atoms in total. The van der Waals surface area contributed by atoms with Crippen molar-refractivity contribution in [1.29, 1.82) is 0 Å². The van der Waals surface area contributed by atoms with Gasteiger partial charge in [0, 0.05) is 35.4 Å². The lowest BCUT2D eigenvalue weighted by molar-refractivity contribution is 0.0960. The van der Waals surface area contributed by atoms with E-state index in [4.69, 9.17) is 16.3 Å². The van der Waals surface area contributed by atoms with Gasteiger partial charge in [0.2, 0.25) is 0 Å². The minimum absolute atomic E-state index is 0.00972. The van der Waals surface area contributed by atoms with Gasteiger partial charge in [0.1, 0.15) is 22.1 Å². The van der Waals surface area contributed by atoms with E-state index < -0.39 is 0 Å². The molecule has 1 aliphatic heterocycles. The van der Waals surface area contributed by atoms with E-state index >= 15 is 0 Å². The number of hydrogen-bond acceptors (Lipinski definition) is 7. The average molecular weight is 463 g/mol. The monoisotopic (exact) mass is 462 g/mol. The number of benzene rings is 2. The fourth-order valence-electron chi connectivity index (χ4n) is 3.93. The summed E-state index contributed by atoms with van der Waals surface area (Å²) in [4.78, 5) is 20.3. The number of carbonyl (C=O) groups excluding carboxylic acids is 1. The van der Waals surface area contributed by atoms with Gasteiger partial charge in [-0.25, -0.2) is 4.98 Å². The van der Waals surface area contributed by atoms with E-state index in [1.165, 1.54) is 11.3 Å². The smallest absolute Gasteiger partial charge is 0.191 e. The molecule has 0 spiro atoms. The normalized spacial score (nSPS) is 14.9. The number of hydrogen-bond donors (Lipinski definition) is 0. The molecule has 160 valence electrons. The van der Waals surface area contributed by atoms with Crippen molar-refractivity contribution in [3.63, 3.8) is 0 Å². The Balaban J connectivity index is 1.45. The first-order valence-corrected chi connectivity index (χ1v) is 11.3. The van der Waals surface area contributed by atoms with Gasteiger partial charge in [-0.05, 0) is 53.6 Å². The van der Waals surface area contributed by atoms with E-state index in [1.54, 1.807) is 24.8 Å². The Kier molecular flexibility index (Phi) is 5.59. The number of rotatable bonds is 6. The Hall–Kier alpha value is -3.29. The lowest BCUT2D eigenvalue weighted by Crippen LogP contribution is -2.24. The molecule has 0 fully saturated rings. The Morgan fingerprint density at radius 2 is 2.06 bits per heavy atom. The SMILES string of the molecule is COc1ccc2c(c1)C(C(=O)c1csc(-c3cccnn3)n1)CN2Cc1ccc(Cl)cc1. The Morgan fingerprint density at radius 1 is 1.22 bits per heavy atom. The molecular formula is C24H19ClN4O2S. The Morgan fingerprint density at radius 3 is 2.81 bits per heavy atom. The summed E-state index contributed by atoms with van der Waals surface area (Å²) < 4.78 is 5.43. The average Bonchev–Trinajstić information content (AvgIpc) is 3.46. The summed E-state index contributed by atoms with van der Waals surface area (Å²) in [6.45, 7) is 1.25. The molecule has 0 N–H and O–H groups in total. The van der Waals surface area contributed by atoms with Crippen molar-refractivity contribution in [3.05, 3.63) is 88.0 Å². The zero-order valence-corrected chi connectivity index (χ0v) is 18.8. The molecule has 1 aliphatic rings. The summed E-state index contributed by atoms with van der Waals surface area (Å²) in [7, 11) is 1.63. The number of ketones is 1. The third-order valence-electron chi connectivity index (χ3n) is 5.50. The first kappa shape index (κ1) is 20.6. The van der Waals surface area contributed by atoms with Crippen LogP contribution in [-0.4, -0.2) is 34.6 Å². The molecule has 32 heavy (non-hydrogen) atoms. The number of anilines is 1. The van der Waals surface area contributed by atoms with Crippen LogP contribution < -0.4 is 9.64 Å². The van der Waals surface area contributed by atoms with Gasteiger partial charge in [0.15, 0.2) is 5.78 Å². The molecule has 0 saturated heterocycles. The van der Waals surface area contributed by atoms with Gasteiger partial charge < -0.3 is 9.64 Å². The van der Waals surface area contributed by atoms with Crippen molar-refractivity contribution >= 4 is 34.4 Å². The molecule has 0 aliphatic carbocycles. The molecule has 4 aromatic rings. The second-order valence-corrected chi connectivity index (χ2v) is 8.79. The van der Waals surface area contributed by atoms with E-state index in [1.807, 2.05) is 48.5 Å². The first-order chi connectivity index (χ1) is 15.6. The molecule has 5 rings (SSSR count). The number of thiazole rings is 1. The van der Waals surface area contributed by atoms with E-state index in [2.05, 4.69) is 20.1 Å². The first-order valence-electron chi connectivity index (χ1n) is 10.1. The van der Waals surface area contributed by atoms with Crippen LogP contribution in [0.4, 0.5) is 5.69 Å². The highest BCUT2D eigenvalue weighted by atomic mass is 35.5. The summed E-state index contributed by atoms with van der Waals surface area (Å²) in [6, 6.07) is 17.3. The fourth-order valence-corrected chi connectivity index (χ4v) is 4.83. The lowest BCUT2D eigenvalue weighted by Gasteiger charge is -2.20. The standard InChI is InChI=1S/C24H19ClN4O2S/c1-31-17-8-9-22-18(11-17)19(13-29(22)12-15-4-6-16(25)7-5-15)23(30)21-14-32-24(27-21)20-3-2-10-26-28-20/h2-11,14,19H,12-13H2,1H3. The summed E-state index contributed by atoms with van der Waals surface area (Å²) in [5, 5.41) is 11.2. The molecule has 1 atom stereocenters. The zero-order valence-electron chi connectivity index (χ0n) is 17.2. The number of aromatic nitrogens is 3. The minimum Gasteiger partial charge on any atom is -0.497 e. The van der Waals surface area contributed by atoms with Gasteiger partial charge in [-0.3, -0.25) is 4.79 Å². The Bertz CT molecular complexity index is 1260. The lowest BCUT2D eigenvalue weighted by atomic mass is 9.95. The second kappa shape index (κ2) is 8.68. The van der Waals surface area contributed by atoms with Crippen LogP contribution in [0.1, 0.15) is 27.5 Å². The largest absolute Gasteiger partial charge is 0.497 e. The van der Waals surface area contributed by atoms with Crippen LogP contribution in [0.15, 0.2) is 66.2 Å². The number of fused-ring (bicyclic) bond motifs is 1. The Labute approximate surface area is 194 Å². The summed E-state index contributed by atoms with van der Waals surface area (Å²) in [5.74, 6) is 0.391. The quantitative estimate of drug-likeness (QED) is 0.364. The summed E-state index contributed by atoms with van der Waals surface area (Å²) >= 11 is 7.43. The van der Waals surface area contributed by atoms with Crippen LogP contribution in [0, 0.1) is 0 Å². The van der Waals surface area contributed by atoms with Gasteiger partial charge in [-0.2, -0.15) is 5.10 Å². The highest BCUT2D eigenvalue weighted by Crippen LogP contribution is 2.41. The third kappa shape index (κ3) is 3.97. The maximum Gasteiger partial charge on any atom is 0.191 e. The maximum atomic E-state index is 13.5. The maximum absolute atomic E-state index is 13.5. The van der Waals surface area contributed by atoms with Crippen LogP contribution in [0.2, 0.25) is 5.02 Å². The predicted octanol–water partition coefficient (Wildman–Crippen LogP) is 5.25. The molecule has 8 heteroatoms. The minimum atomic E-state index is -0.329.